The number of aryl methyl sites for hydroxylation is 2. The summed E-state index contributed by atoms with van der Waals surface area (Å²) in [5.41, 5.74) is 0.363. The van der Waals surface area contributed by atoms with Crippen molar-refractivity contribution in [2.24, 2.45) is 0 Å². The first-order valence-electron chi connectivity index (χ1n) is 6.49. The van der Waals surface area contributed by atoms with Crippen LogP contribution >= 0.6 is 0 Å². The van der Waals surface area contributed by atoms with Crippen LogP contribution in [0.4, 0.5) is 4.39 Å². The average Bonchev–Trinajstić information content (AvgIpc) is 2.83. The SMILES string of the molecule is CCc1nc(CC)n(Cc2ccc(F)c(C(=O)O)c2)n1. The Bertz CT molecular complexity index is 637. The molecule has 0 aliphatic rings. The van der Waals surface area contributed by atoms with Gasteiger partial charge in [0.15, 0.2) is 5.82 Å². The predicted octanol–water partition coefficient (Wildman–Crippen LogP) is 2.29. The molecule has 1 heterocycles. The fourth-order valence-corrected chi connectivity index (χ4v) is 1.97. The summed E-state index contributed by atoms with van der Waals surface area (Å²) in [6.07, 6.45) is 1.48. The Morgan fingerprint density at radius 3 is 2.70 bits per heavy atom. The van der Waals surface area contributed by atoms with Crippen molar-refractivity contribution in [3.8, 4) is 0 Å². The molecule has 1 aromatic carbocycles. The highest BCUT2D eigenvalue weighted by Crippen LogP contribution is 2.13. The minimum atomic E-state index is -1.27. The van der Waals surface area contributed by atoms with Crippen molar-refractivity contribution < 1.29 is 14.3 Å². The third kappa shape index (κ3) is 2.84. The molecular formula is C14H16FN3O2. The third-order valence-corrected chi connectivity index (χ3v) is 3.02. The molecule has 6 heteroatoms. The maximum absolute atomic E-state index is 13.3. The zero-order chi connectivity index (χ0) is 14.7. The van der Waals surface area contributed by atoms with Crippen molar-refractivity contribution in [3.05, 3.63) is 46.8 Å². The maximum Gasteiger partial charge on any atom is 0.338 e. The zero-order valence-corrected chi connectivity index (χ0v) is 11.4. The summed E-state index contributed by atoms with van der Waals surface area (Å²) in [6.45, 7) is 4.34. The second-order valence-electron chi connectivity index (χ2n) is 4.43. The number of halogens is 1. The fraction of sp³-hybridized carbons (Fsp3) is 0.357. The fourth-order valence-electron chi connectivity index (χ4n) is 1.97. The lowest BCUT2D eigenvalue weighted by molar-refractivity contribution is 0.0691. The van der Waals surface area contributed by atoms with Crippen LogP contribution in [0.3, 0.4) is 0 Å². The smallest absolute Gasteiger partial charge is 0.338 e. The van der Waals surface area contributed by atoms with Crippen molar-refractivity contribution in [2.45, 2.75) is 33.2 Å². The highest BCUT2D eigenvalue weighted by molar-refractivity contribution is 5.88. The highest BCUT2D eigenvalue weighted by atomic mass is 19.1. The Kier molecular flexibility index (Phi) is 4.12. The molecule has 0 saturated carbocycles. The summed E-state index contributed by atoms with van der Waals surface area (Å²) >= 11 is 0. The summed E-state index contributed by atoms with van der Waals surface area (Å²) in [4.78, 5) is 15.3. The molecule has 2 aromatic rings. The molecule has 0 aliphatic heterocycles. The van der Waals surface area contributed by atoms with E-state index in [-0.39, 0.29) is 5.56 Å². The van der Waals surface area contributed by atoms with Gasteiger partial charge in [-0.1, -0.05) is 19.9 Å². The lowest BCUT2D eigenvalue weighted by Gasteiger charge is -2.06. The van der Waals surface area contributed by atoms with E-state index in [1.54, 1.807) is 10.7 Å². The van der Waals surface area contributed by atoms with Gasteiger partial charge in [0.1, 0.15) is 11.6 Å². The van der Waals surface area contributed by atoms with Crippen molar-refractivity contribution in [1.82, 2.24) is 14.8 Å². The first-order chi connectivity index (χ1) is 9.55. The van der Waals surface area contributed by atoms with Crippen LogP contribution < -0.4 is 0 Å². The molecule has 2 rings (SSSR count). The van der Waals surface area contributed by atoms with Crippen LogP contribution in [0.5, 0.6) is 0 Å². The second kappa shape index (κ2) is 5.81. The number of nitrogens with zero attached hydrogens (tertiary/aromatic N) is 3. The lowest BCUT2D eigenvalue weighted by atomic mass is 10.1. The van der Waals surface area contributed by atoms with E-state index in [1.165, 1.54) is 12.1 Å². The van der Waals surface area contributed by atoms with Crippen LogP contribution in [0.25, 0.3) is 0 Å². The number of hydrogen-bond donors (Lipinski definition) is 1. The number of aromatic carboxylic acids is 1. The Hall–Kier alpha value is -2.24. The van der Waals surface area contributed by atoms with Crippen molar-refractivity contribution in [3.63, 3.8) is 0 Å². The van der Waals surface area contributed by atoms with Gasteiger partial charge in [0.25, 0.3) is 0 Å². The second-order valence-corrected chi connectivity index (χ2v) is 4.43. The molecule has 0 bridgehead atoms. The molecule has 1 aromatic heterocycles. The van der Waals surface area contributed by atoms with E-state index in [1.807, 2.05) is 13.8 Å². The summed E-state index contributed by atoms with van der Waals surface area (Å²) in [5.74, 6) is -0.414. The van der Waals surface area contributed by atoms with Crippen molar-refractivity contribution >= 4 is 5.97 Å². The van der Waals surface area contributed by atoms with Crippen LogP contribution in [-0.4, -0.2) is 25.8 Å². The standard InChI is InChI=1S/C14H16FN3O2/c1-3-12-16-13(4-2)18(17-12)8-9-5-6-11(15)10(7-9)14(19)20/h5-7H,3-4,8H2,1-2H3,(H,19,20). The van der Waals surface area contributed by atoms with Crippen LogP contribution in [0.15, 0.2) is 18.2 Å². The van der Waals surface area contributed by atoms with E-state index in [0.29, 0.717) is 12.1 Å². The summed E-state index contributed by atoms with van der Waals surface area (Å²) in [6, 6.07) is 4.07. The monoisotopic (exact) mass is 277 g/mol. The Morgan fingerprint density at radius 2 is 2.10 bits per heavy atom. The summed E-state index contributed by atoms with van der Waals surface area (Å²) in [7, 11) is 0. The molecule has 0 amide bonds. The number of benzene rings is 1. The van der Waals surface area contributed by atoms with Gasteiger partial charge < -0.3 is 5.11 Å². The quantitative estimate of drug-likeness (QED) is 0.910. The van der Waals surface area contributed by atoms with Crippen LogP contribution in [0.2, 0.25) is 0 Å². The molecular weight excluding hydrogens is 261 g/mol. The first kappa shape index (κ1) is 14.2. The third-order valence-electron chi connectivity index (χ3n) is 3.02. The van der Waals surface area contributed by atoms with Gasteiger partial charge in [0.05, 0.1) is 12.1 Å². The normalized spacial score (nSPS) is 10.8. The van der Waals surface area contributed by atoms with Gasteiger partial charge in [0.2, 0.25) is 0 Å². The average molecular weight is 277 g/mol. The molecule has 5 nitrogen and oxygen atoms in total. The molecule has 0 radical (unpaired) electrons. The highest BCUT2D eigenvalue weighted by Gasteiger charge is 2.13. The Balaban J connectivity index is 2.32. The van der Waals surface area contributed by atoms with E-state index in [2.05, 4.69) is 10.1 Å². The molecule has 0 aliphatic carbocycles. The molecule has 20 heavy (non-hydrogen) atoms. The van der Waals surface area contributed by atoms with Gasteiger partial charge in [0, 0.05) is 12.8 Å². The van der Waals surface area contributed by atoms with Gasteiger partial charge in [-0.3, -0.25) is 0 Å². The molecule has 106 valence electrons. The van der Waals surface area contributed by atoms with Gasteiger partial charge >= 0.3 is 5.97 Å². The lowest BCUT2D eigenvalue weighted by Crippen LogP contribution is -2.08. The number of rotatable bonds is 5. The first-order valence-corrected chi connectivity index (χ1v) is 6.49. The largest absolute Gasteiger partial charge is 0.478 e. The number of aromatic nitrogens is 3. The minimum Gasteiger partial charge on any atom is -0.478 e. The van der Waals surface area contributed by atoms with E-state index < -0.39 is 11.8 Å². The number of carbonyl (C=O) groups is 1. The van der Waals surface area contributed by atoms with E-state index in [0.717, 1.165) is 24.5 Å². The topological polar surface area (TPSA) is 68.0 Å². The Labute approximate surface area is 116 Å². The maximum atomic E-state index is 13.3. The number of carboxylic acids is 1. The van der Waals surface area contributed by atoms with Crippen LogP contribution in [-0.2, 0) is 19.4 Å². The minimum absolute atomic E-state index is 0.323. The molecule has 0 fully saturated rings. The van der Waals surface area contributed by atoms with Crippen molar-refractivity contribution in [1.29, 1.82) is 0 Å². The van der Waals surface area contributed by atoms with Crippen LogP contribution in [0.1, 0.15) is 41.4 Å². The zero-order valence-electron chi connectivity index (χ0n) is 11.4. The van der Waals surface area contributed by atoms with E-state index in [4.69, 9.17) is 5.11 Å². The van der Waals surface area contributed by atoms with Gasteiger partial charge in [-0.25, -0.2) is 18.9 Å². The number of carboxylic acid groups (broad SMARTS) is 1. The summed E-state index contributed by atoms with van der Waals surface area (Å²) in [5, 5.41) is 13.3. The van der Waals surface area contributed by atoms with E-state index >= 15 is 0 Å². The summed E-state index contributed by atoms with van der Waals surface area (Å²) < 4.78 is 15.1. The van der Waals surface area contributed by atoms with Crippen molar-refractivity contribution in [2.75, 3.05) is 0 Å². The predicted molar refractivity (Wildman–Crippen MR) is 71.2 cm³/mol. The molecule has 0 atom stereocenters. The number of hydrogen-bond acceptors (Lipinski definition) is 3. The Morgan fingerprint density at radius 1 is 1.35 bits per heavy atom. The van der Waals surface area contributed by atoms with Gasteiger partial charge in [-0.15, -0.1) is 0 Å². The van der Waals surface area contributed by atoms with Crippen LogP contribution in [0, 0.1) is 5.82 Å². The van der Waals surface area contributed by atoms with Gasteiger partial charge in [-0.05, 0) is 17.7 Å². The molecule has 1 N–H and O–H groups in total. The van der Waals surface area contributed by atoms with E-state index in [9.17, 15) is 9.18 Å². The van der Waals surface area contributed by atoms with Gasteiger partial charge in [-0.2, -0.15) is 5.10 Å². The molecule has 0 unspecified atom stereocenters. The molecule has 0 spiro atoms. The molecule has 0 saturated heterocycles.